The van der Waals surface area contributed by atoms with E-state index in [1.54, 1.807) is 33.5 Å². The number of benzene rings is 2. The molecule has 0 saturated heterocycles. The van der Waals surface area contributed by atoms with Gasteiger partial charge in [-0.25, -0.2) is 16.8 Å². The minimum atomic E-state index is -4.76. The van der Waals surface area contributed by atoms with Gasteiger partial charge in [0.25, 0.3) is 0 Å². The molecule has 0 aromatic heterocycles. The van der Waals surface area contributed by atoms with Crippen LogP contribution in [0.4, 0.5) is 11.4 Å². The Morgan fingerprint density at radius 1 is 0.657 bits per heavy atom. The van der Waals surface area contributed by atoms with Gasteiger partial charge >= 0.3 is 5.97 Å². The monoisotopic (exact) mass is 975 g/mol. The maximum absolute atomic E-state index is 12.2. The van der Waals surface area contributed by atoms with Gasteiger partial charge in [-0.3, -0.25) is 4.79 Å². The van der Waals surface area contributed by atoms with E-state index in [4.69, 9.17) is 33.2 Å². The molecule has 2 aromatic carbocycles. The minimum absolute atomic E-state index is 0.0569. The number of rotatable bonds is 33. The average Bonchev–Trinajstić information content (AvgIpc) is 3.65. The molecule has 2 unspecified atom stereocenters. The lowest BCUT2D eigenvalue weighted by molar-refractivity contribution is -0.438. The number of aliphatic carboxylic acids is 1. The molecule has 67 heavy (non-hydrogen) atoms. The van der Waals surface area contributed by atoms with Gasteiger partial charge in [-0.05, 0) is 81.5 Å². The minimum Gasteiger partial charge on any atom is -0.744 e. The van der Waals surface area contributed by atoms with E-state index in [1.807, 2.05) is 56.4 Å². The normalized spacial score (nSPS) is 19.3. The molecule has 2 heterocycles. The van der Waals surface area contributed by atoms with E-state index in [0.29, 0.717) is 129 Å². The smallest absolute Gasteiger partial charge is 0.303 e. The number of carboxylic acids is 1. The molecule has 4 rings (SSSR count). The Kier molecular flexibility index (Phi) is 22.5. The van der Waals surface area contributed by atoms with Gasteiger partial charge in [0.2, 0.25) is 5.69 Å². The number of allylic oxidation sites excluding steroid dienone is 8. The van der Waals surface area contributed by atoms with Crippen molar-refractivity contribution in [2.75, 3.05) is 112 Å². The first-order chi connectivity index (χ1) is 32.0. The molecule has 2 aliphatic heterocycles. The Balaban J connectivity index is 1.65. The lowest BCUT2D eigenvalue weighted by Crippen LogP contribution is -2.33. The van der Waals surface area contributed by atoms with E-state index in [2.05, 4.69) is 9.48 Å². The Morgan fingerprint density at radius 2 is 1.18 bits per heavy atom. The molecular weight excluding hydrogens is 909 g/mol. The van der Waals surface area contributed by atoms with Crippen molar-refractivity contribution in [3.63, 3.8) is 0 Å². The van der Waals surface area contributed by atoms with Gasteiger partial charge in [-0.2, -0.15) is 4.58 Å². The zero-order valence-corrected chi connectivity index (χ0v) is 40.9. The molecule has 0 radical (unpaired) electrons. The van der Waals surface area contributed by atoms with Crippen LogP contribution < -0.4 is 4.90 Å². The fraction of sp³-hybridized carbons (Fsp3) is 0.542. The molecule has 0 aliphatic carbocycles. The van der Waals surface area contributed by atoms with Crippen molar-refractivity contribution in [2.24, 2.45) is 0 Å². The summed E-state index contributed by atoms with van der Waals surface area (Å²) in [4.78, 5) is 12.6. The van der Waals surface area contributed by atoms with E-state index in [0.717, 1.165) is 22.8 Å². The third kappa shape index (κ3) is 16.0. The summed E-state index contributed by atoms with van der Waals surface area (Å²) in [5.74, 6) is -0.860. The summed E-state index contributed by atoms with van der Waals surface area (Å²) in [5.41, 5.74) is 3.05. The van der Waals surface area contributed by atoms with E-state index in [1.165, 1.54) is 24.3 Å². The summed E-state index contributed by atoms with van der Waals surface area (Å²) < 4.78 is 114. The number of methoxy groups -OCH3 is 3. The second-order valence-corrected chi connectivity index (χ2v) is 19.2. The number of unbranched alkanes of at least 4 members (excludes halogenated alkanes) is 2. The van der Waals surface area contributed by atoms with Crippen LogP contribution in [0.15, 0.2) is 94.4 Å². The van der Waals surface area contributed by atoms with E-state index >= 15 is 0 Å². The molecule has 0 amide bonds. The van der Waals surface area contributed by atoms with Crippen LogP contribution in [0.25, 0.3) is 0 Å². The van der Waals surface area contributed by atoms with Crippen LogP contribution >= 0.6 is 0 Å². The maximum atomic E-state index is 12.2. The van der Waals surface area contributed by atoms with Crippen LogP contribution in [-0.2, 0) is 69.0 Å². The van der Waals surface area contributed by atoms with Crippen LogP contribution in [0.2, 0.25) is 0 Å². The number of hydrogen-bond acceptors (Lipinski definition) is 15. The molecule has 17 nitrogen and oxygen atoms in total. The molecule has 0 bridgehead atoms. The van der Waals surface area contributed by atoms with Gasteiger partial charge in [0.05, 0.1) is 74.7 Å². The molecular formula is C48H67N2O15S2-. The summed E-state index contributed by atoms with van der Waals surface area (Å²) in [5, 5.41) is 9.19. The molecule has 0 saturated carbocycles. The lowest BCUT2D eigenvalue weighted by Gasteiger charge is -2.30. The topological polar surface area (TPSA) is 223 Å². The van der Waals surface area contributed by atoms with Crippen LogP contribution in [-0.4, -0.2) is 154 Å². The molecule has 0 fully saturated rings. The van der Waals surface area contributed by atoms with Gasteiger partial charge in [-0.1, -0.05) is 30.4 Å². The summed E-state index contributed by atoms with van der Waals surface area (Å²) in [6.45, 7) is 9.23. The van der Waals surface area contributed by atoms with Crippen molar-refractivity contribution >= 4 is 43.3 Å². The highest BCUT2D eigenvalue weighted by molar-refractivity contribution is 7.86. The van der Waals surface area contributed by atoms with Crippen molar-refractivity contribution < 1.29 is 73.6 Å². The average molecular weight is 976 g/mol. The largest absolute Gasteiger partial charge is 0.744 e. The highest BCUT2D eigenvalue weighted by Crippen LogP contribution is 2.50. The molecule has 372 valence electrons. The number of carbonyl (C=O) groups is 1. The fourth-order valence-electron chi connectivity index (χ4n) is 8.25. The van der Waals surface area contributed by atoms with E-state index in [9.17, 15) is 35.8 Å². The van der Waals surface area contributed by atoms with Crippen molar-refractivity contribution in [3.8, 4) is 0 Å². The number of nitrogens with zero attached hydrogens (tertiary/aromatic N) is 2. The van der Waals surface area contributed by atoms with Crippen molar-refractivity contribution in [1.82, 2.24) is 0 Å². The molecule has 1 N–H and O–H groups in total. The zero-order chi connectivity index (χ0) is 48.9. The number of hydrogen-bond donors (Lipinski definition) is 1. The Morgan fingerprint density at radius 3 is 1.76 bits per heavy atom. The van der Waals surface area contributed by atoms with Gasteiger partial charge in [0.1, 0.15) is 26.8 Å². The highest BCUT2D eigenvalue weighted by atomic mass is 32.2. The summed E-state index contributed by atoms with van der Waals surface area (Å²) in [6, 6.07) is 8.87. The maximum Gasteiger partial charge on any atom is 0.303 e. The van der Waals surface area contributed by atoms with Crippen molar-refractivity contribution in [2.45, 2.75) is 73.0 Å². The van der Waals surface area contributed by atoms with E-state index in [-0.39, 0.29) is 16.2 Å². The number of carboxylic acid groups (broad SMARTS) is 1. The fourth-order valence-corrected chi connectivity index (χ4v) is 9.25. The molecule has 2 atom stereocenters. The molecule has 2 aromatic rings. The number of ether oxygens (including phenoxy) is 7. The first-order valence-corrected chi connectivity index (χ1v) is 25.2. The zero-order valence-electron chi connectivity index (χ0n) is 39.3. The van der Waals surface area contributed by atoms with Crippen LogP contribution in [0.5, 0.6) is 0 Å². The van der Waals surface area contributed by atoms with Crippen LogP contribution in [0, 0.1) is 0 Å². The predicted molar refractivity (Wildman–Crippen MR) is 250 cm³/mol. The quantitative estimate of drug-likeness (QED) is 0.0397. The van der Waals surface area contributed by atoms with Gasteiger partial charge in [-0.15, -0.1) is 0 Å². The Bertz CT molecular complexity index is 2310. The molecule has 0 spiro atoms. The van der Waals surface area contributed by atoms with Crippen LogP contribution in [0.1, 0.15) is 63.5 Å². The predicted octanol–water partition coefficient (Wildman–Crippen LogP) is 5.61. The van der Waals surface area contributed by atoms with Crippen molar-refractivity contribution in [3.05, 3.63) is 95.8 Å². The third-order valence-electron chi connectivity index (χ3n) is 11.8. The highest BCUT2D eigenvalue weighted by Gasteiger charge is 2.48. The molecule has 19 heteroatoms. The standard InChI is InChI=1S/C48H68N2O15S2/c1-47(21-25-62-32-34-64-30-28-60-4)40-36-38(66(53,54)55)17-19-42(40)49(23-13-9-12-16-46(51)52)44(47)14-10-7-6-8-11-15-45-48(2,22-26-63-33-35-65-31-29-61-5)41-37-39(67(56,57)58)18-20-43(41)50(45)24-27-59-3/h6-8,10-11,14-15,17-20,36-37H,9,12-13,16,21-35H2,1-5H3,(H2-,51,52,53,54,55,56,57,58)/p-1. The second kappa shape index (κ2) is 27.2. The van der Waals surface area contributed by atoms with E-state index < -0.39 is 37.0 Å². The first kappa shape index (κ1) is 55.5. The summed E-state index contributed by atoms with van der Waals surface area (Å²) in [7, 11) is -4.70. The summed E-state index contributed by atoms with van der Waals surface area (Å²) >= 11 is 0. The SMILES string of the molecule is COCCOCCOCCC1(C)C(/C=C/C=C/C=C/C=C2/N(CCOC)c3ccc(S(=O)(=O)[O-])cc3C2(C)CCOCCOCCOC)=[N+](CCCCCC(=O)O)c2ccc(S(=O)(=O)[O-])cc21. The van der Waals surface area contributed by atoms with Gasteiger partial charge in [0, 0.05) is 88.4 Å². The second-order valence-electron chi connectivity index (χ2n) is 16.4. The summed E-state index contributed by atoms with van der Waals surface area (Å²) in [6.07, 6.45) is 16.1. The van der Waals surface area contributed by atoms with Crippen molar-refractivity contribution in [1.29, 1.82) is 0 Å². The lowest BCUT2D eigenvalue weighted by atomic mass is 9.76. The van der Waals surface area contributed by atoms with Gasteiger partial charge < -0.3 is 52.3 Å². The third-order valence-corrected chi connectivity index (χ3v) is 13.5. The first-order valence-electron chi connectivity index (χ1n) is 22.4. The molecule has 2 aliphatic rings. The number of anilines is 1. The number of fused-ring (bicyclic) bond motifs is 2. The Hall–Kier alpha value is -4.12. The van der Waals surface area contributed by atoms with Gasteiger partial charge in [0.15, 0.2) is 5.71 Å². The van der Waals surface area contributed by atoms with Crippen LogP contribution in [0.3, 0.4) is 0 Å². The Labute approximate surface area is 396 Å².